The fourth-order valence-electron chi connectivity index (χ4n) is 3.67. The zero-order valence-electron chi connectivity index (χ0n) is 12.7. The molecule has 108 valence electrons. The molecule has 20 heavy (non-hydrogen) atoms. The van der Waals surface area contributed by atoms with Crippen LogP contribution in [0.2, 0.25) is 0 Å². The summed E-state index contributed by atoms with van der Waals surface area (Å²) in [6, 6.07) is 9.59. The van der Waals surface area contributed by atoms with Gasteiger partial charge in [0, 0.05) is 23.1 Å². The van der Waals surface area contributed by atoms with Crippen LogP contribution in [0.15, 0.2) is 30.5 Å². The quantitative estimate of drug-likeness (QED) is 0.867. The number of hydrogen-bond acceptors (Lipinski definition) is 1. The number of hydrogen-bond donors (Lipinski definition) is 1. The average Bonchev–Trinajstić information content (AvgIpc) is 2.90. The minimum Gasteiger partial charge on any atom is -0.344 e. The van der Waals surface area contributed by atoms with Gasteiger partial charge >= 0.3 is 0 Å². The molecule has 2 aromatic rings. The molecule has 1 saturated heterocycles. The van der Waals surface area contributed by atoms with Crippen LogP contribution in [0.3, 0.4) is 0 Å². The molecule has 1 aromatic carbocycles. The number of benzene rings is 1. The predicted octanol–water partition coefficient (Wildman–Crippen LogP) is 4.47. The van der Waals surface area contributed by atoms with E-state index >= 15 is 0 Å². The Hall–Kier alpha value is -1.28. The summed E-state index contributed by atoms with van der Waals surface area (Å²) < 4.78 is 2.53. The van der Waals surface area contributed by atoms with Gasteiger partial charge in [-0.15, -0.1) is 0 Å². The lowest BCUT2D eigenvalue weighted by Crippen LogP contribution is -2.26. The van der Waals surface area contributed by atoms with Gasteiger partial charge in [-0.2, -0.15) is 0 Å². The molecule has 0 aliphatic carbocycles. The van der Waals surface area contributed by atoms with E-state index in [4.69, 9.17) is 0 Å². The number of para-hydroxylation sites is 1. The molecule has 0 bridgehead atoms. The molecule has 3 rings (SSSR count). The first kappa shape index (κ1) is 13.7. The monoisotopic (exact) mass is 270 g/mol. The standard InChI is InChI=1S/C18H26N2/c1-3-15(4-2)20-13-17(14-9-11-19-12-10-14)16-7-5-6-8-18(16)20/h5-8,13-15,19H,3-4,9-12H2,1-2H3. The zero-order chi connectivity index (χ0) is 13.9. The summed E-state index contributed by atoms with van der Waals surface area (Å²) in [7, 11) is 0. The van der Waals surface area contributed by atoms with Crippen LogP contribution in [0.5, 0.6) is 0 Å². The van der Waals surface area contributed by atoms with Crippen molar-refractivity contribution in [3.8, 4) is 0 Å². The third-order valence-corrected chi connectivity index (χ3v) is 4.89. The summed E-state index contributed by atoms with van der Waals surface area (Å²) in [6.45, 7) is 6.92. The van der Waals surface area contributed by atoms with Gasteiger partial charge in [0.2, 0.25) is 0 Å². The molecular formula is C18H26N2. The maximum Gasteiger partial charge on any atom is 0.0485 e. The summed E-state index contributed by atoms with van der Waals surface area (Å²) in [5.41, 5.74) is 3.00. The second kappa shape index (κ2) is 6.01. The smallest absolute Gasteiger partial charge is 0.0485 e. The van der Waals surface area contributed by atoms with Gasteiger partial charge in [0.25, 0.3) is 0 Å². The molecular weight excluding hydrogens is 244 g/mol. The molecule has 0 radical (unpaired) electrons. The third-order valence-electron chi connectivity index (χ3n) is 4.89. The van der Waals surface area contributed by atoms with Crippen LogP contribution in [0.4, 0.5) is 0 Å². The molecule has 0 atom stereocenters. The van der Waals surface area contributed by atoms with Gasteiger partial charge in [-0.1, -0.05) is 32.0 Å². The maximum absolute atomic E-state index is 3.48. The van der Waals surface area contributed by atoms with E-state index < -0.39 is 0 Å². The first-order valence-electron chi connectivity index (χ1n) is 8.15. The van der Waals surface area contributed by atoms with Crippen molar-refractivity contribution in [1.29, 1.82) is 0 Å². The van der Waals surface area contributed by atoms with Crippen molar-refractivity contribution < 1.29 is 0 Å². The Kier molecular flexibility index (Phi) is 4.11. The Bertz CT molecular complexity index is 560. The van der Waals surface area contributed by atoms with Crippen molar-refractivity contribution in [2.24, 2.45) is 0 Å². The van der Waals surface area contributed by atoms with Crippen LogP contribution < -0.4 is 5.32 Å². The number of aromatic nitrogens is 1. The fraction of sp³-hybridized carbons (Fsp3) is 0.556. The van der Waals surface area contributed by atoms with Gasteiger partial charge in [0.15, 0.2) is 0 Å². The highest BCUT2D eigenvalue weighted by Gasteiger charge is 2.21. The summed E-state index contributed by atoms with van der Waals surface area (Å²) >= 11 is 0. The van der Waals surface area contributed by atoms with Crippen LogP contribution in [0.1, 0.15) is 57.1 Å². The largest absolute Gasteiger partial charge is 0.344 e. The molecule has 1 aromatic heterocycles. The molecule has 1 aliphatic rings. The van der Waals surface area contributed by atoms with Crippen LogP contribution >= 0.6 is 0 Å². The highest BCUT2D eigenvalue weighted by atomic mass is 15.0. The lowest BCUT2D eigenvalue weighted by molar-refractivity contribution is 0.455. The Morgan fingerprint density at radius 3 is 2.55 bits per heavy atom. The molecule has 1 fully saturated rings. The summed E-state index contributed by atoms with van der Waals surface area (Å²) in [5, 5.41) is 4.96. The molecule has 2 nitrogen and oxygen atoms in total. The second-order valence-electron chi connectivity index (χ2n) is 6.00. The van der Waals surface area contributed by atoms with Crippen molar-refractivity contribution in [2.45, 2.75) is 51.5 Å². The maximum atomic E-state index is 3.48. The lowest BCUT2D eigenvalue weighted by Gasteiger charge is -2.22. The van der Waals surface area contributed by atoms with Crippen molar-refractivity contribution in [2.75, 3.05) is 13.1 Å². The first-order valence-corrected chi connectivity index (χ1v) is 8.15. The average molecular weight is 270 g/mol. The van der Waals surface area contributed by atoms with Gasteiger partial charge in [-0.3, -0.25) is 0 Å². The Morgan fingerprint density at radius 1 is 1.15 bits per heavy atom. The van der Waals surface area contributed by atoms with Crippen LogP contribution in [0, 0.1) is 0 Å². The number of rotatable bonds is 4. The van der Waals surface area contributed by atoms with Crippen molar-refractivity contribution in [3.05, 3.63) is 36.0 Å². The SMILES string of the molecule is CCC(CC)n1cc(C2CCNCC2)c2ccccc21. The van der Waals surface area contributed by atoms with E-state index in [1.165, 1.54) is 36.6 Å². The molecule has 0 spiro atoms. The number of nitrogens with zero attached hydrogens (tertiary/aromatic N) is 1. The Labute approximate surface area is 122 Å². The minimum atomic E-state index is 0.635. The molecule has 0 unspecified atom stereocenters. The highest BCUT2D eigenvalue weighted by molar-refractivity contribution is 5.84. The van der Waals surface area contributed by atoms with Gasteiger partial charge in [0.1, 0.15) is 0 Å². The van der Waals surface area contributed by atoms with E-state index in [9.17, 15) is 0 Å². The van der Waals surface area contributed by atoms with Crippen LogP contribution in [0.25, 0.3) is 10.9 Å². The molecule has 1 aliphatic heterocycles. The van der Waals surface area contributed by atoms with Crippen molar-refractivity contribution >= 4 is 10.9 Å². The van der Waals surface area contributed by atoms with E-state index in [0.29, 0.717) is 6.04 Å². The first-order chi connectivity index (χ1) is 9.85. The second-order valence-corrected chi connectivity index (χ2v) is 6.00. The topological polar surface area (TPSA) is 17.0 Å². The molecule has 1 N–H and O–H groups in total. The van der Waals surface area contributed by atoms with Crippen LogP contribution in [-0.2, 0) is 0 Å². The normalized spacial score (nSPS) is 17.1. The zero-order valence-corrected chi connectivity index (χ0v) is 12.7. The van der Waals surface area contributed by atoms with Gasteiger partial charge in [0.05, 0.1) is 0 Å². The Morgan fingerprint density at radius 2 is 1.85 bits per heavy atom. The summed E-state index contributed by atoms with van der Waals surface area (Å²) in [4.78, 5) is 0. The number of fused-ring (bicyclic) bond motifs is 1. The lowest BCUT2D eigenvalue weighted by atomic mass is 9.90. The molecule has 2 heteroatoms. The fourth-order valence-corrected chi connectivity index (χ4v) is 3.67. The molecule has 0 amide bonds. The summed E-state index contributed by atoms with van der Waals surface area (Å²) in [6.07, 6.45) is 7.42. The van der Waals surface area contributed by atoms with Crippen LogP contribution in [-0.4, -0.2) is 17.7 Å². The van der Waals surface area contributed by atoms with E-state index in [1.807, 2.05) is 0 Å². The van der Waals surface area contributed by atoms with Gasteiger partial charge in [-0.25, -0.2) is 0 Å². The van der Waals surface area contributed by atoms with Gasteiger partial charge in [-0.05, 0) is 56.3 Å². The molecule has 2 heterocycles. The Balaban J connectivity index is 2.08. The van der Waals surface area contributed by atoms with E-state index in [-0.39, 0.29) is 0 Å². The minimum absolute atomic E-state index is 0.635. The molecule has 0 saturated carbocycles. The van der Waals surface area contributed by atoms with Gasteiger partial charge < -0.3 is 9.88 Å². The highest BCUT2D eigenvalue weighted by Crippen LogP contribution is 2.35. The van der Waals surface area contributed by atoms with E-state index in [1.54, 1.807) is 5.56 Å². The van der Waals surface area contributed by atoms with E-state index in [2.05, 4.69) is 54.2 Å². The van der Waals surface area contributed by atoms with Crippen molar-refractivity contribution in [1.82, 2.24) is 9.88 Å². The van der Waals surface area contributed by atoms with Crippen molar-refractivity contribution in [3.63, 3.8) is 0 Å². The summed E-state index contributed by atoms with van der Waals surface area (Å²) in [5.74, 6) is 0.733. The van der Waals surface area contributed by atoms with E-state index in [0.717, 1.165) is 19.0 Å². The number of nitrogens with one attached hydrogen (secondary N) is 1. The third kappa shape index (κ3) is 2.37. The number of piperidine rings is 1. The predicted molar refractivity (Wildman–Crippen MR) is 86.4 cm³/mol.